The zero-order valence-corrected chi connectivity index (χ0v) is 9.13. The van der Waals surface area contributed by atoms with E-state index in [4.69, 9.17) is 0 Å². The molecule has 74 valence electrons. The lowest BCUT2D eigenvalue weighted by atomic mass is 9.97. The first-order valence-electron chi connectivity index (χ1n) is 4.96. The third-order valence-corrected chi connectivity index (χ3v) is 2.83. The fourth-order valence-corrected chi connectivity index (χ4v) is 1.85. The van der Waals surface area contributed by atoms with Crippen molar-refractivity contribution in [2.24, 2.45) is 0 Å². The van der Waals surface area contributed by atoms with Gasteiger partial charge < -0.3 is 0 Å². The number of pyridine rings is 1. The number of rotatable bonds is 1. The van der Waals surface area contributed by atoms with Crippen molar-refractivity contribution in [2.45, 2.75) is 33.6 Å². The van der Waals surface area contributed by atoms with Crippen molar-refractivity contribution >= 4 is 5.65 Å². The van der Waals surface area contributed by atoms with Crippen molar-refractivity contribution < 1.29 is 4.52 Å². The average molecular weight is 190 g/mol. The Labute approximate surface area is 83.8 Å². The van der Waals surface area contributed by atoms with Crippen LogP contribution in [-0.4, -0.2) is 10.1 Å². The van der Waals surface area contributed by atoms with Gasteiger partial charge in [0.15, 0.2) is 0 Å². The third-order valence-electron chi connectivity index (χ3n) is 2.83. The normalized spacial score (nSPS) is 11.5. The van der Waals surface area contributed by atoms with Crippen molar-refractivity contribution in [3.63, 3.8) is 0 Å². The molecule has 0 saturated carbocycles. The van der Waals surface area contributed by atoms with Gasteiger partial charge in [-0.05, 0) is 35.9 Å². The maximum Gasteiger partial charge on any atom is 0.351 e. The summed E-state index contributed by atoms with van der Waals surface area (Å²) in [6, 6.07) is 0. The van der Waals surface area contributed by atoms with Crippen LogP contribution in [0.5, 0.6) is 0 Å². The topological polar surface area (TPSA) is 32.8 Å². The molecule has 0 atom stereocenters. The van der Waals surface area contributed by atoms with Crippen LogP contribution >= 0.6 is 0 Å². The van der Waals surface area contributed by atoms with E-state index in [9.17, 15) is 0 Å². The highest BCUT2D eigenvalue weighted by molar-refractivity contribution is 5.46. The van der Waals surface area contributed by atoms with Gasteiger partial charge >= 0.3 is 5.65 Å². The van der Waals surface area contributed by atoms with E-state index >= 15 is 0 Å². The highest BCUT2D eigenvalue weighted by Gasteiger charge is 2.16. The molecular formula is C11H16N3+. The van der Waals surface area contributed by atoms with Gasteiger partial charge in [0.25, 0.3) is 0 Å². The van der Waals surface area contributed by atoms with Crippen LogP contribution in [0.25, 0.3) is 5.65 Å². The monoisotopic (exact) mass is 190 g/mol. The highest BCUT2D eigenvalue weighted by atomic mass is 15.3. The van der Waals surface area contributed by atoms with Crippen LogP contribution in [0.15, 0.2) is 12.5 Å². The number of fused-ring (bicyclic) bond motifs is 1. The Kier molecular flexibility index (Phi) is 2.02. The second-order valence-corrected chi connectivity index (χ2v) is 4.07. The molecule has 2 aromatic heterocycles. The van der Waals surface area contributed by atoms with Crippen molar-refractivity contribution in [1.29, 1.82) is 0 Å². The molecule has 0 spiro atoms. The molecule has 14 heavy (non-hydrogen) atoms. The Morgan fingerprint density at radius 3 is 2.64 bits per heavy atom. The number of H-pyrrole nitrogens is 1. The number of hydrogen-bond acceptors (Lipinski definition) is 1. The number of aromatic amines is 1. The molecule has 0 bridgehead atoms. The quantitative estimate of drug-likeness (QED) is 0.684. The van der Waals surface area contributed by atoms with Crippen molar-refractivity contribution in [1.82, 2.24) is 10.1 Å². The van der Waals surface area contributed by atoms with E-state index in [1.54, 1.807) is 6.33 Å². The molecule has 0 aromatic carbocycles. The number of aromatic nitrogens is 3. The van der Waals surface area contributed by atoms with Crippen LogP contribution in [0.3, 0.4) is 0 Å². The van der Waals surface area contributed by atoms with Gasteiger partial charge in [0, 0.05) is 5.56 Å². The first-order chi connectivity index (χ1) is 6.61. The molecule has 2 aromatic rings. The fourth-order valence-electron chi connectivity index (χ4n) is 1.85. The van der Waals surface area contributed by atoms with E-state index in [2.05, 4.69) is 44.0 Å². The molecule has 0 unspecified atom stereocenters. The molecule has 0 radical (unpaired) electrons. The predicted molar refractivity (Wildman–Crippen MR) is 55.3 cm³/mol. The van der Waals surface area contributed by atoms with Gasteiger partial charge in [-0.15, -0.1) is 4.52 Å². The lowest BCUT2D eigenvalue weighted by Gasteiger charge is -2.08. The lowest BCUT2D eigenvalue weighted by Crippen LogP contribution is -2.25. The summed E-state index contributed by atoms with van der Waals surface area (Å²) in [4.78, 5) is 4.29. The number of nitrogens with one attached hydrogen (secondary N) is 1. The molecule has 0 saturated heterocycles. The third kappa shape index (κ3) is 1.20. The predicted octanol–water partition coefficient (Wildman–Crippen LogP) is 1.89. The molecule has 0 amide bonds. The summed E-state index contributed by atoms with van der Waals surface area (Å²) in [5.41, 5.74) is 5.01. The second-order valence-electron chi connectivity index (χ2n) is 4.07. The summed E-state index contributed by atoms with van der Waals surface area (Å²) in [7, 11) is 0. The molecule has 0 fully saturated rings. The van der Waals surface area contributed by atoms with E-state index in [0.717, 1.165) is 5.65 Å². The van der Waals surface area contributed by atoms with Gasteiger partial charge in [0.1, 0.15) is 6.20 Å². The molecule has 3 heteroatoms. The Hall–Kier alpha value is -1.38. The Morgan fingerprint density at radius 2 is 2.00 bits per heavy atom. The minimum Gasteiger partial charge on any atom is -0.189 e. The smallest absolute Gasteiger partial charge is 0.189 e. The van der Waals surface area contributed by atoms with E-state index in [-0.39, 0.29) is 0 Å². The SMILES string of the molecule is Cc1c(C(C)C)c[n+]2[nH]cnc2c1C. The van der Waals surface area contributed by atoms with Crippen LogP contribution in [0.2, 0.25) is 0 Å². The van der Waals surface area contributed by atoms with Gasteiger partial charge in [-0.1, -0.05) is 13.8 Å². The van der Waals surface area contributed by atoms with Crippen LogP contribution < -0.4 is 4.52 Å². The van der Waals surface area contributed by atoms with Gasteiger partial charge in [0.05, 0.1) is 0 Å². The molecule has 0 aliphatic heterocycles. The van der Waals surface area contributed by atoms with Crippen molar-refractivity contribution in [3.8, 4) is 0 Å². The van der Waals surface area contributed by atoms with E-state index in [0.29, 0.717) is 5.92 Å². The van der Waals surface area contributed by atoms with Crippen LogP contribution in [-0.2, 0) is 0 Å². The molecule has 3 nitrogen and oxygen atoms in total. The number of hydrogen-bond donors (Lipinski definition) is 1. The first kappa shape index (κ1) is 9.19. The molecule has 1 N–H and O–H groups in total. The molecule has 2 rings (SSSR count). The van der Waals surface area contributed by atoms with Crippen molar-refractivity contribution in [2.75, 3.05) is 0 Å². The zero-order chi connectivity index (χ0) is 10.3. The Balaban J connectivity index is 2.80. The highest BCUT2D eigenvalue weighted by Crippen LogP contribution is 2.20. The minimum atomic E-state index is 0.550. The summed E-state index contributed by atoms with van der Waals surface area (Å²) < 4.78 is 1.98. The van der Waals surface area contributed by atoms with E-state index in [1.807, 2.05) is 4.52 Å². The summed E-state index contributed by atoms with van der Waals surface area (Å²) >= 11 is 0. The maximum absolute atomic E-state index is 4.29. The van der Waals surface area contributed by atoms with Gasteiger partial charge in [-0.2, -0.15) is 5.10 Å². The summed E-state index contributed by atoms with van der Waals surface area (Å²) in [5.74, 6) is 0.550. The number of aryl methyl sites for hydroxylation is 1. The largest absolute Gasteiger partial charge is 0.351 e. The number of nitrogens with zero attached hydrogens (tertiary/aromatic N) is 2. The summed E-state index contributed by atoms with van der Waals surface area (Å²) in [6.45, 7) is 8.71. The van der Waals surface area contributed by atoms with Crippen LogP contribution in [0, 0.1) is 13.8 Å². The molecule has 0 aliphatic rings. The first-order valence-corrected chi connectivity index (χ1v) is 4.96. The standard InChI is InChI=1S/C11H15N3/c1-7(2)10-5-14-11(12-6-13-14)9(4)8(10)3/h5-7H,1-4H3/p+1. The molecule has 2 heterocycles. The van der Waals surface area contributed by atoms with Gasteiger partial charge in [-0.3, -0.25) is 0 Å². The summed E-state index contributed by atoms with van der Waals surface area (Å²) in [6.07, 6.45) is 3.86. The Morgan fingerprint density at radius 1 is 1.29 bits per heavy atom. The van der Waals surface area contributed by atoms with Gasteiger partial charge in [0.2, 0.25) is 6.33 Å². The fraction of sp³-hybridized carbons (Fsp3) is 0.455. The lowest BCUT2D eigenvalue weighted by molar-refractivity contribution is -0.578. The second kappa shape index (κ2) is 3.08. The maximum atomic E-state index is 4.29. The van der Waals surface area contributed by atoms with Crippen LogP contribution in [0.1, 0.15) is 36.5 Å². The van der Waals surface area contributed by atoms with Crippen molar-refractivity contribution in [3.05, 3.63) is 29.2 Å². The molecule has 0 aliphatic carbocycles. The van der Waals surface area contributed by atoms with E-state index < -0.39 is 0 Å². The van der Waals surface area contributed by atoms with Gasteiger partial charge in [-0.25, -0.2) is 0 Å². The van der Waals surface area contributed by atoms with Crippen LogP contribution in [0.4, 0.5) is 0 Å². The molecular weight excluding hydrogens is 174 g/mol. The average Bonchev–Trinajstić information content (AvgIpc) is 2.58. The van der Waals surface area contributed by atoms with E-state index in [1.165, 1.54) is 16.7 Å². The Bertz CT molecular complexity index is 469. The zero-order valence-electron chi connectivity index (χ0n) is 9.13. The minimum absolute atomic E-state index is 0.550. The summed E-state index contributed by atoms with van der Waals surface area (Å²) in [5, 5.41) is 3.09.